The number of carbonyl (C=O) groups is 1. The summed E-state index contributed by atoms with van der Waals surface area (Å²) in [5, 5.41) is 18.8. The van der Waals surface area contributed by atoms with Crippen LogP contribution in [0, 0.1) is 0 Å². The fourth-order valence-corrected chi connectivity index (χ4v) is 2.16. The Balaban J connectivity index is 2.11. The summed E-state index contributed by atoms with van der Waals surface area (Å²) in [5.41, 5.74) is 3.27. The maximum atomic E-state index is 11.4. The number of phenolic OH excluding ortho intramolecular Hbond substituents is 1. The van der Waals surface area contributed by atoms with Gasteiger partial charge in [0.15, 0.2) is 0 Å². The second-order valence-electron chi connectivity index (χ2n) is 4.80. The van der Waals surface area contributed by atoms with E-state index in [1.54, 1.807) is 18.2 Å². The van der Waals surface area contributed by atoms with Crippen LogP contribution in [0.4, 0.5) is 0 Å². The zero-order valence-electron chi connectivity index (χ0n) is 11.9. The Morgan fingerprint density at radius 1 is 1.10 bits per heavy atom. The average molecular weight is 286 g/mol. The topological polar surface area (TPSA) is 66.8 Å². The molecule has 0 bridgehead atoms. The van der Waals surface area contributed by atoms with E-state index >= 15 is 0 Å². The molecule has 4 heteroatoms. The highest BCUT2D eigenvalue weighted by Crippen LogP contribution is 2.21. The fraction of sp³-hybridized carbons (Fsp3) is 0.235. The van der Waals surface area contributed by atoms with Gasteiger partial charge in [0.1, 0.15) is 5.75 Å². The molecule has 0 spiro atoms. The van der Waals surface area contributed by atoms with Crippen molar-refractivity contribution in [2.45, 2.75) is 12.8 Å². The van der Waals surface area contributed by atoms with Crippen LogP contribution < -0.4 is 0 Å². The second-order valence-corrected chi connectivity index (χ2v) is 4.80. The first kappa shape index (κ1) is 15.1. The third-order valence-electron chi connectivity index (χ3n) is 3.31. The number of methoxy groups -OCH3 is 1. The minimum Gasteiger partial charge on any atom is -0.508 e. The van der Waals surface area contributed by atoms with Crippen molar-refractivity contribution >= 4 is 5.97 Å². The Morgan fingerprint density at radius 2 is 1.76 bits per heavy atom. The molecule has 4 nitrogen and oxygen atoms in total. The first-order chi connectivity index (χ1) is 10.1. The molecule has 2 aromatic rings. The summed E-state index contributed by atoms with van der Waals surface area (Å²) in [5.74, 6) is -0.153. The molecule has 0 saturated heterocycles. The van der Waals surface area contributed by atoms with Crippen LogP contribution in [-0.4, -0.2) is 29.9 Å². The summed E-state index contributed by atoms with van der Waals surface area (Å²) in [6, 6.07) is 12.6. The Bertz CT molecular complexity index is 617. The molecule has 0 fully saturated rings. The summed E-state index contributed by atoms with van der Waals surface area (Å²) in [6.45, 7) is 0.0158. The number of phenols is 1. The number of esters is 1. The molecule has 2 aromatic carbocycles. The Hall–Kier alpha value is -2.33. The van der Waals surface area contributed by atoms with Gasteiger partial charge in [0.2, 0.25) is 0 Å². The van der Waals surface area contributed by atoms with Crippen LogP contribution in [0.25, 0.3) is 0 Å². The van der Waals surface area contributed by atoms with Gasteiger partial charge in [-0.25, -0.2) is 4.79 Å². The van der Waals surface area contributed by atoms with Crippen molar-refractivity contribution in [1.29, 1.82) is 0 Å². The van der Waals surface area contributed by atoms with E-state index in [0.29, 0.717) is 18.4 Å². The van der Waals surface area contributed by atoms with E-state index in [4.69, 9.17) is 5.11 Å². The lowest BCUT2D eigenvalue weighted by molar-refractivity contribution is 0.0600. The molecule has 2 rings (SSSR count). The van der Waals surface area contributed by atoms with Crippen LogP contribution in [0.1, 0.15) is 27.0 Å². The van der Waals surface area contributed by atoms with E-state index < -0.39 is 0 Å². The van der Waals surface area contributed by atoms with Gasteiger partial charge in [-0.2, -0.15) is 0 Å². The van der Waals surface area contributed by atoms with E-state index in [1.165, 1.54) is 7.11 Å². The van der Waals surface area contributed by atoms with E-state index in [9.17, 15) is 9.90 Å². The van der Waals surface area contributed by atoms with E-state index in [0.717, 1.165) is 16.7 Å². The standard InChI is InChI=1S/C17H18O4/c1-21-17(20)15-6-2-12(3-7-15)10-13-4-5-14(8-9-18)16(19)11-13/h2-7,11,18-19H,8-10H2,1H3. The lowest BCUT2D eigenvalue weighted by Crippen LogP contribution is -2.01. The monoisotopic (exact) mass is 286 g/mol. The summed E-state index contributed by atoms with van der Waals surface area (Å²) in [7, 11) is 1.35. The van der Waals surface area contributed by atoms with Crippen LogP contribution >= 0.6 is 0 Å². The number of hydrogen-bond donors (Lipinski definition) is 2. The Kier molecular flexibility index (Phi) is 4.95. The number of rotatable bonds is 5. The summed E-state index contributed by atoms with van der Waals surface area (Å²) >= 11 is 0. The van der Waals surface area contributed by atoms with Crippen LogP contribution in [0.3, 0.4) is 0 Å². The van der Waals surface area contributed by atoms with Crippen molar-refractivity contribution in [3.63, 3.8) is 0 Å². The van der Waals surface area contributed by atoms with Crippen molar-refractivity contribution in [2.24, 2.45) is 0 Å². The molecule has 0 amide bonds. The van der Waals surface area contributed by atoms with Gasteiger partial charge in [0.05, 0.1) is 12.7 Å². The third kappa shape index (κ3) is 3.83. The molecule has 0 unspecified atom stereocenters. The Labute approximate surface area is 123 Å². The number of benzene rings is 2. The maximum absolute atomic E-state index is 11.4. The van der Waals surface area contributed by atoms with Crippen LogP contribution in [0.15, 0.2) is 42.5 Å². The van der Waals surface area contributed by atoms with Gasteiger partial charge in [-0.15, -0.1) is 0 Å². The largest absolute Gasteiger partial charge is 0.508 e. The highest BCUT2D eigenvalue weighted by Gasteiger charge is 2.06. The normalized spacial score (nSPS) is 10.4. The molecule has 0 saturated carbocycles. The first-order valence-corrected chi connectivity index (χ1v) is 6.73. The van der Waals surface area contributed by atoms with Crippen molar-refractivity contribution in [1.82, 2.24) is 0 Å². The highest BCUT2D eigenvalue weighted by atomic mass is 16.5. The lowest BCUT2D eigenvalue weighted by atomic mass is 10.0. The van der Waals surface area contributed by atoms with Crippen molar-refractivity contribution in [3.05, 3.63) is 64.7 Å². The minimum absolute atomic E-state index is 0.0158. The molecule has 110 valence electrons. The van der Waals surface area contributed by atoms with Gasteiger partial charge >= 0.3 is 5.97 Å². The zero-order valence-corrected chi connectivity index (χ0v) is 11.9. The smallest absolute Gasteiger partial charge is 0.337 e. The zero-order chi connectivity index (χ0) is 15.2. The second kappa shape index (κ2) is 6.90. The lowest BCUT2D eigenvalue weighted by Gasteiger charge is -2.07. The molecule has 2 N–H and O–H groups in total. The van der Waals surface area contributed by atoms with Crippen LogP contribution in [0.5, 0.6) is 5.75 Å². The average Bonchev–Trinajstić information content (AvgIpc) is 2.50. The number of aliphatic hydroxyl groups is 1. The molecule has 0 aliphatic carbocycles. The maximum Gasteiger partial charge on any atom is 0.337 e. The molecule has 0 atom stereocenters. The van der Waals surface area contributed by atoms with E-state index in [1.807, 2.05) is 24.3 Å². The molecular weight excluding hydrogens is 268 g/mol. The van der Waals surface area contributed by atoms with Crippen molar-refractivity contribution in [2.75, 3.05) is 13.7 Å². The van der Waals surface area contributed by atoms with Crippen LogP contribution in [-0.2, 0) is 17.6 Å². The van der Waals surface area contributed by atoms with Gasteiger partial charge < -0.3 is 14.9 Å². The fourth-order valence-electron chi connectivity index (χ4n) is 2.16. The number of aliphatic hydroxyl groups excluding tert-OH is 1. The molecular formula is C17H18O4. The Morgan fingerprint density at radius 3 is 2.33 bits per heavy atom. The van der Waals surface area contributed by atoms with E-state index in [-0.39, 0.29) is 18.3 Å². The molecule has 0 radical (unpaired) electrons. The predicted molar refractivity (Wildman–Crippen MR) is 79.5 cm³/mol. The van der Waals surface area contributed by atoms with Gasteiger partial charge in [-0.3, -0.25) is 0 Å². The number of carbonyl (C=O) groups excluding carboxylic acids is 1. The summed E-state index contributed by atoms with van der Waals surface area (Å²) in [6.07, 6.45) is 1.11. The van der Waals surface area contributed by atoms with Gasteiger partial charge in [-0.05, 0) is 47.7 Å². The summed E-state index contributed by atoms with van der Waals surface area (Å²) < 4.78 is 4.65. The predicted octanol–water partition coefficient (Wildman–Crippen LogP) is 2.30. The van der Waals surface area contributed by atoms with Gasteiger partial charge in [0, 0.05) is 6.61 Å². The molecule has 0 aliphatic rings. The summed E-state index contributed by atoms with van der Waals surface area (Å²) in [4.78, 5) is 11.4. The first-order valence-electron chi connectivity index (χ1n) is 6.73. The van der Waals surface area contributed by atoms with Crippen LogP contribution in [0.2, 0.25) is 0 Å². The third-order valence-corrected chi connectivity index (χ3v) is 3.31. The minimum atomic E-state index is -0.354. The van der Waals surface area contributed by atoms with Crippen molar-refractivity contribution in [3.8, 4) is 5.75 Å². The molecule has 21 heavy (non-hydrogen) atoms. The highest BCUT2D eigenvalue weighted by molar-refractivity contribution is 5.89. The van der Waals surface area contributed by atoms with Gasteiger partial charge in [-0.1, -0.05) is 24.3 Å². The van der Waals surface area contributed by atoms with Gasteiger partial charge in [0.25, 0.3) is 0 Å². The quantitative estimate of drug-likeness (QED) is 0.828. The molecule has 0 aromatic heterocycles. The molecule has 0 heterocycles. The number of ether oxygens (including phenoxy) is 1. The SMILES string of the molecule is COC(=O)c1ccc(Cc2ccc(CCO)c(O)c2)cc1. The van der Waals surface area contributed by atoms with Crippen molar-refractivity contribution < 1.29 is 19.7 Å². The number of hydrogen-bond acceptors (Lipinski definition) is 4. The van der Waals surface area contributed by atoms with E-state index in [2.05, 4.69) is 4.74 Å². The molecule has 0 aliphatic heterocycles. The number of aromatic hydroxyl groups is 1.